The first-order valence-electron chi connectivity index (χ1n) is 4.72. The van der Waals surface area contributed by atoms with Crippen molar-refractivity contribution in [1.82, 2.24) is 10.3 Å². The lowest BCUT2D eigenvalue weighted by atomic mass is 10.1. The van der Waals surface area contributed by atoms with Crippen molar-refractivity contribution in [3.8, 4) is 0 Å². The molecule has 1 rings (SSSR count). The highest BCUT2D eigenvalue weighted by Gasteiger charge is 2.08. The van der Waals surface area contributed by atoms with Crippen LogP contribution in [-0.4, -0.2) is 23.7 Å². The zero-order chi connectivity index (χ0) is 11.3. The van der Waals surface area contributed by atoms with Crippen LogP contribution in [0, 0.1) is 0 Å². The summed E-state index contributed by atoms with van der Waals surface area (Å²) in [5.41, 5.74) is 3.53. The number of aromatic amines is 1. The van der Waals surface area contributed by atoms with Gasteiger partial charge >= 0.3 is 0 Å². The lowest BCUT2D eigenvalue weighted by molar-refractivity contribution is 0.335. The number of hydrogen-bond donors (Lipinski definition) is 3. The van der Waals surface area contributed by atoms with E-state index in [-0.39, 0.29) is 6.61 Å². The van der Waals surface area contributed by atoms with Crippen LogP contribution in [0.15, 0.2) is 37.1 Å². The third kappa shape index (κ3) is 2.19. The molecule has 0 aliphatic carbocycles. The summed E-state index contributed by atoms with van der Waals surface area (Å²) in [5.74, 6) is 0. The summed E-state index contributed by atoms with van der Waals surface area (Å²) < 4.78 is 0. The third-order valence-corrected chi connectivity index (χ3v) is 2.24. The fourth-order valence-corrected chi connectivity index (χ4v) is 1.48. The van der Waals surface area contributed by atoms with Gasteiger partial charge in [-0.25, -0.2) is 0 Å². The van der Waals surface area contributed by atoms with Crippen molar-refractivity contribution in [2.75, 3.05) is 13.7 Å². The van der Waals surface area contributed by atoms with E-state index in [1.807, 2.05) is 19.3 Å². The molecule has 1 aromatic heterocycles. The van der Waals surface area contributed by atoms with Gasteiger partial charge in [0.15, 0.2) is 0 Å². The fourth-order valence-electron chi connectivity index (χ4n) is 1.48. The van der Waals surface area contributed by atoms with Gasteiger partial charge in [0.05, 0.1) is 6.61 Å². The normalized spacial score (nSPS) is 11.9. The van der Waals surface area contributed by atoms with Gasteiger partial charge in [-0.2, -0.15) is 0 Å². The van der Waals surface area contributed by atoms with Gasteiger partial charge in [0.25, 0.3) is 0 Å². The Hall–Kier alpha value is -1.74. The molecule has 0 spiro atoms. The van der Waals surface area contributed by atoms with Crippen LogP contribution in [0.2, 0.25) is 0 Å². The Morgan fingerprint density at radius 1 is 1.60 bits per heavy atom. The number of aliphatic hydroxyl groups excluding tert-OH is 1. The fraction of sp³-hybridized carbons (Fsp3) is 0.167. The zero-order valence-electron chi connectivity index (χ0n) is 8.88. The molecule has 0 bridgehead atoms. The SMILES string of the molecule is C=C/C(CO)=C(/NC)c1cc[nH]c1C=C. The molecular formula is C12H16N2O. The maximum Gasteiger partial charge on any atom is 0.0702 e. The molecule has 3 nitrogen and oxygen atoms in total. The van der Waals surface area contributed by atoms with Crippen LogP contribution in [0.25, 0.3) is 11.8 Å². The highest BCUT2D eigenvalue weighted by molar-refractivity contribution is 5.75. The van der Waals surface area contributed by atoms with Gasteiger partial charge in [-0.1, -0.05) is 19.2 Å². The molecule has 1 aromatic rings. The largest absolute Gasteiger partial charge is 0.392 e. The average Bonchev–Trinajstić information content (AvgIpc) is 2.73. The summed E-state index contributed by atoms with van der Waals surface area (Å²) in [6, 6.07) is 1.93. The molecule has 0 unspecified atom stereocenters. The van der Waals surface area contributed by atoms with E-state index in [0.29, 0.717) is 0 Å². The minimum absolute atomic E-state index is 0.0402. The molecule has 80 valence electrons. The molecule has 0 saturated carbocycles. The molecule has 0 atom stereocenters. The summed E-state index contributed by atoms with van der Waals surface area (Å²) in [5, 5.41) is 12.2. The first-order chi connectivity index (χ1) is 7.28. The van der Waals surface area contributed by atoms with Gasteiger partial charge in [-0.05, 0) is 12.1 Å². The van der Waals surface area contributed by atoms with E-state index >= 15 is 0 Å². The van der Waals surface area contributed by atoms with Crippen molar-refractivity contribution in [3.63, 3.8) is 0 Å². The molecule has 0 aromatic carbocycles. The highest BCUT2D eigenvalue weighted by Crippen LogP contribution is 2.20. The van der Waals surface area contributed by atoms with Crippen molar-refractivity contribution in [3.05, 3.63) is 48.3 Å². The van der Waals surface area contributed by atoms with Crippen molar-refractivity contribution < 1.29 is 5.11 Å². The molecule has 1 heterocycles. The molecule has 0 aliphatic heterocycles. The number of aromatic nitrogens is 1. The van der Waals surface area contributed by atoms with Crippen molar-refractivity contribution >= 4 is 11.8 Å². The molecule has 0 saturated heterocycles. The van der Waals surface area contributed by atoms with Crippen molar-refractivity contribution in [2.24, 2.45) is 0 Å². The van der Waals surface area contributed by atoms with Crippen molar-refractivity contribution in [2.45, 2.75) is 0 Å². The Labute approximate surface area is 89.8 Å². The maximum absolute atomic E-state index is 9.18. The summed E-state index contributed by atoms with van der Waals surface area (Å²) in [6.45, 7) is 7.35. The molecular weight excluding hydrogens is 188 g/mol. The molecule has 0 fully saturated rings. The van der Waals surface area contributed by atoms with Crippen LogP contribution >= 0.6 is 0 Å². The molecule has 0 radical (unpaired) electrons. The quantitative estimate of drug-likeness (QED) is 0.640. The minimum Gasteiger partial charge on any atom is -0.392 e. The van der Waals surface area contributed by atoms with Crippen LogP contribution in [0.3, 0.4) is 0 Å². The third-order valence-electron chi connectivity index (χ3n) is 2.24. The summed E-state index contributed by atoms with van der Waals surface area (Å²) in [6.07, 6.45) is 5.22. The average molecular weight is 204 g/mol. The van der Waals surface area contributed by atoms with E-state index in [4.69, 9.17) is 0 Å². The Kier molecular flexibility index (Phi) is 3.94. The number of aliphatic hydroxyl groups is 1. The zero-order valence-corrected chi connectivity index (χ0v) is 8.88. The Bertz CT molecular complexity index is 388. The van der Waals surface area contributed by atoms with Gasteiger partial charge in [-0.15, -0.1) is 0 Å². The van der Waals surface area contributed by atoms with E-state index in [0.717, 1.165) is 22.5 Å². The van der Waals surface area contributed by atoms with E-state index in [9.17, 15) is 5.11 Å². The van der Waals surface area contributed by atoms with E-state index in [1.54, 1.807) is 12.2 Å². The van der Waals surface area contributed by atoms with Gasteiger partial charge in [0.1, 0.15) is 0 Å². The Morgan fingerprint density at radius 2 is 2.33 bits per heavy atom. The number of H-pyrrole nitrogens is 1. The highest BCUT2D eigenvalue weighted by atomic mass is 16.3. The Morgan fingerprint density at radius 3 is 2.80 bits per heavy atom. The number of nitrogens with one attached hydrogen (secondary N) is 2. The summed E-state index contributed by atoms with van der Waals surface area (Å²) in [4.78, 5) is 3.07. The Balaban J connectivity index is 3.28. The molecule has 3 N–H and O–H groups in total. The predicted octanol–water partition coefficient (Wildman–Crippen LogP) is 1.77. The second-order valence-electron chi connectivity index (χ2n) is 3.02. The number of rotatable bonds is 5. The molecule has 0 aliphatic rings. The monoisotopic (exact) mass is 204 g/mol. The van der Waals surface area contributed by atoms with E-state index in [2.05, 4.69) is 23.5 Å². The van der Waals surface area contributed by atoms with Gasteiger partial charge in [-0.3, -0.25) is 0 Å². The van der Waals surface area contributed by atoms with Crippen LogP contribution in [0.4, 0.5) is 0 Å². The van der Waals surface area contributed by atoms with Gasteiger partial charge < -0.3 is 15.4 Å². The second-order valence-corrected chi connectivity index (χ2v) is 3.02. The summed E-state index contributed by atoms with van der Waals surface area (Å²) >= 11 is 0. The summed E-state index contributed by atoms with van der Waals surface area (Å²) in [7, 11) is 1.81. The predicted molar refractivity (Wildman–Crippen MR) is 64.1 cm³/mol. The van der Waals surface area contributed by atoms with Gasteiger partial charge in [0, 0.05) is 35.8 Å². The van der Waals surface area contributed by atoms with Gasteiger partial charge in [0.2, 0.25) is 0 Å². The lowest BCUT2D eigenvalue weighted by Gasteiger charge is -2.10. The smallest absolute Gasteiger partial charge is 0.0702 e. The molecule has 15 heavy (non-hydrogen) atoms. The first kappa shape index (κ1) is 11.3. The van der Waals surface area contributed by atoms with Crippen LogP contribution in [0.1, 0.15) is 11.3 Å². The second kappa shape index (κ2) is 5.22. The maximum atomic E-state index is 9.18. The lowest BCUT2D eigenvalue weighted by Crippen LogP contribution is -2.09. The van der Waals surface area contributed by atoms with Crippen LogP contribution < -0.4 is 5.32 Å². The van der Waals surface area contributed by atoms with Crippen molar-refractivity contribution in [1.29, 1.82) is 0 Å². The first-order valence-corrected chi connectivity index (χ1v) is 4.72. The molecule has 3 heteroatoms. The van der Waals surface area contributed by atoms with Crippen LogP contribution in [-0.2, 0) is 0 Å². The van der Waals surface area contributed by atoms with Crippen LogP contribution in [0.5, 0.6) is 0 Å². The molecule has 0 amide bonds. The van der Waals surface area contributed by atoms with E-state index in [1.165, 1.54) is 0 Å². The minimum atomic E-state index is -0.0402. The van der Waals surface area contributed by atoms with E-state index < -0.39 is 0 Å². The topological polar surface area (TPSA) is 48.0 Å². The standard InChI is InChI=1S/C12H16N2O/c1-4-9(8-15)12(13-3)10-6-7-14-11(10)5-2/h4-7,13-15H,1-2,8H2,3H3/b12-9-. The number of hydrogen-bond acceptors (Lipinski definition) is 2.